The summed E-state index contributed by atoms with van der Waals surface area (Å²) in [6, 6.07) is 3.91. The van der Waals surface area contributed by atoms with E-state index >= 15 is 0 Å². The Labute approximate surface area is 111 Å². The van der Waals surface area contributed by atoms with Crippen LogP contribution in [0.2, 0.25) is 5.02 Å². The molecular weight excluding hydrogens is 278 g/mol. The van der Waals surface area contributed by atoms with Crippen molar-refractivity contribution < 1.29 is 18.3 Å². The van der Waals surface area contributed by atoms with Gasteiger partial charge in [-0.1, -0.05) is 25.4 Å². The molecular formula is C11H14ClNO4S. The number of halogens is 1. The fourth-order valence-corrected chi connectivity index (χ4v) is 3.12. The molecule has 0 unspecified atom stereocenters. The molecule has 1 rings (SSSR count). The van der Waals surface area contributed by atoms with Gasteiger partial charge in [0.05, 0.1) is 16.3 Å². The lowest BCUT2D eigenvalue weighted by atomic mass is 10.2. The van der Waals surface area contributed by atoms with Gasteiger partial charge in [-0.3, -0.25) is 4.72 Å². The van der Waals surface area contributed by atoms with Crippen molar-refractivity contribution in [3.8, 4) is 0 Å². The van der Waals surface area contributed by atoms with Crippen molar-refractivity contribution in [3.05, 3.63) is 28.8 Å². The van der Waals surface area contributed by atoms with Gasteiger partial charge in [0.25, 0.3) is 0 Å². The monoisotopic (exact) mass is 291 g/mol. The Balaban J connectivity index is 2.94. The van der Waals surface area contributed by atoms with E-state index in [0.717, 1.165) is 0 Å². The number of carboxylic acid groups (broad SMARTS) is 1. The summed E-state index contributed by atoms with van der Waals surface area (Å²) in [4.78, 5) is 10.7. The van der Waals surface area contributed by atoms with Crippen LogP contribution in [0.3, 0.4) is 0 Å². The van der Waals surface area contributed by atoms with Gasteiger partial charge >= 0.3 is 5.97 Å². The Morgan fingerprint density at radius 1 is 1.44 bits per heavy atom. The largest absolute Gasteiger partial charge is 0.478 e. The number of anilines is 1. The molecule has 0 aliphatic rings. The van der Waals surface area contributed by atoms with Crippen molar-refractivity contribution in [3.63, 3.8) is 0 Å². The zero-order valence-corrected chi connectivity index (χ0v) is 11.5. The number of carbonyl (C=O) groups is 1. The lowest BCUT2D eigenvalue weighted by Gasteiger charge is -2.10. The minimum atomic E-state index is -3.44. The van der Waals surface area contributed by atoms with Crippen LogP contribution >= 0.6 is 11.6 Å². The summed E-state index contributed by atoms with van der Waals surface area (Å²) in [7, 11) is -3.44. The first-order valence-electron chi connectivity index (χ1n) is 5.24. The molecule has 0 spiro atoms. The first-order valence-corrected chi connectivity index (χ1v) is 7.27. The molecule has 1 aromatic rings. The predicted octanol–water partition coefficient (Wildman–Crippen LogP) is 2.44. The molecule has 7 heteroatoms. The summed E-state index contributed by atoms with van der Waals surface area (Å²) in [5, 5.41) is 8.78. The molecule has 0 heterocycles. The van der Waals surface area contributed by atoms with Gasteiger partial charge in [0, 0.05) is 5.69 Å². The number of aromatic carboxylic acids is 1. The topological polar surface area (TPSA) is 83.5 Å². The van der Waals surface area contributed by atoms with Crippen LogP contribution in [-0.2, 0) is 10.0 Å². The predicted molar refractivity (Wildman–Crippen MR) is 70.7 cm³/mol. The van der Waals surface area contributed by atoms with Gasteiger partial charge in [-0.05, 0) is 24.1 Å². The minimum absolute atomic E-state index is 0.00346. The number of rotatable bonds is 5. The van der Waals surface area contributed by atoms with Gasteiger partial charge in [0.1, 0.15) is 0 Å². The summed E-state index contributed by atoms with van der Waals surface area (Å²) in [5.74, 6) is -1.17. The number of sulfonamides is 1. The molecule has 0 fully saturated rings. The Morgan fingerprint density at radius 3 is 2.50 bits per heavy atom. The third-order valence-corrected chi connectivity index (χ3v) is 3.99. The number of nitrogens with one attached hydrogen (secondary N) is 1. The van der Waals surface area contributed by atoms with E-state index in [1.54, 1.807) is 13.8 Å². The summed E-state index contributed by atoms with van der Waals surface area (Å²) >= 11 is 5.74. The van der Waals surface area contributed by atoms with Crippen molar-refractivity contribution in [1.29, 1.82) is 0 Å². The summed E-state index contributed by atoms with van der Waals surface area (Å²) in [5.41, 5.74) is 0.189. The normalized spacial score (nSPS) is 11.6. The number of hydrogen-bond acceptors (Lipinski definition) is 3. The second-order valence-electron chi connectivity index (χ2n) is 4.28. The molecule has 0 amide bonds. The minimum Gasteiger partial charge on any atom is -0.478 e. The Morgan fingerprint density at radius 2 is 2.06 bits per heavy atom. The van der Waals surface area contributed by atoms with Crippen LogP contribution in [0, 0.1) is 5.92 Å². The summed E-state index contributed by atoms with van der Waals surface area (Å²) < 4.78 is 25.7. The SMILES string of the molecule is CC(C)CS(=O)(=O)Nc1ccc(C(=O)O)c(Cl)c1. The highest BCUT2D eigenvalue weighted by atomic mass is 35.5. The molecule has 0 atom stereocenters. The lowest BCUT2D eigenvalue weighted by Crippen LogP contribution is -2.20. The van der Waals surface area contributed by atoms with E-state index in [4.69, 9.17) is 16.7 Å². The smallest absolute Gasteiger partial charge is 0.337 e. The standard InChI is InChI=1S/C11H14ClNO4S/c1-7(2)6-18(16,17)13-8-3-4-9(11(14)15)10(12)5-8/h3-5,7,13H,6H2,1-2H3,(H,14,15). The van der Waals surface area contributed by atoms with E-state index < -0.39 is 16.0 Å². The molecule has 0 saturated carbocycles. The zero-order chi connectivity index (χ0) is 13.9. The maximum absolute atomic E-state index is 11.7. The van der Waals surface area contributed by atoms with Crippen LogP contribution in [0.4, 0.5) is 5.69 Å². The maximum Gasteiger partial charge on any atom is 0.337 e. The quantitative estimate of drug-likeness (QED) is 0.873. The molecule has 18 heavy (non-hydrogen) atoms. The first kappa shape index (κ1) is 14.8. The third kappa shape index (κ3) is 4.19. The highest BCUT2D eigenvalue weighted by Crippen LogP contribution is 2.22. The number of carboxylic acids is 1. The van der Waals surface area contributed by atoms with Crippen molar-refractivity contribution in [2.45, 2.75) is 13.8 Å². The zero-order valence-electron chi connectivity index (χ0n) is 9.97. The van der Waals surface area contributed by atoms with E-state index in [1.165, 1.54) is 18.2 Å². The van der Waals surface area contributed by atoms with Crippen LogP contribution in [0.5, 0.6) is 0 Å². The van der Waals surface area contributed by atoms with E-state index in [0.29, 0.717) is 0 Å². The van der Waals surface area contributed by atoms with Gasteiger partial charge in [0.2, 0.25) is 10.0 Å². The van der Waals surface area contributed by atoms with Gasteiger partial charge in [-0.2, -0.15) is 0 Å². The summed E-state index contributed by atoms with van der Waals surface area (Å²) in [6.45, 7) is 3.58. The molecule has 1 aromatic carbocycles. The average molecular weight is 292 g/mol. The van der Waals surface area contributed by atoms with Crippen LogP contribution in [0.1, 0.15) is 24.2 Å². The van der Waals surface area contributed by atoms with Gasteiger partial charge < -0.3 is 5.11 Å². The van der Waals surface area contributed by atoms with Crippen molar-refractivity contribution >= 4 is 33.3 Å². The Kier molecular flexibility index (Phi) is 4.59. The fourth-order valence-electron chi connectivity index (χ4n) is 1.41. The molecule has 100 valence electrons. The van der Waals surface area contributed by atoms with Gasteiger partial charge in [-0.25, -0.2) is 13.2 Å². The molecule has 0 bridgehead atoms. The highest BCUT2D eigenvalue weighted by molar-refractivity contribution is 7.92. The third-order valence-electron chi connectivity index (χ3n) is 2.03. The first-order chi connectivity index (χ1) is 8.21. The average Bonchev–Trinajstić information content (AvgIpc) is 2.13. The molecule has 0 aromatic heterocycles. The van der Waals surface area contributed by atoms with E-state index in [-0.39, 0.29) is 27.9 Å². The second kappa shape index (κ2) is 5.58. The van der Waals surface area contributed by atoms with Gasteiger partial charge in [-0.15, -0.1) is 0 Å². The molecule has 0 aliphatic heterocycles. The molecule has 0 radical (unpaired) electrons. The van der Waals surface area contributed by atoms with Crippen molar-refractivity contribution in [2.75, 3.05) is 10.5 Å². The number of hydrogen-bond donors (Lipinski definition) is 2. The number of benzene rings is 1. The van der Waals surface area contributed by atoms with Crippen LogP contribution in [-0.4, -0.2) is 25.2 Å². The maximum atomic E-state index is 11.7. The Bertz CT molecular complexity index is 554. The van der Waals surface area contributed by atoms with E-state index in [1.807, 2.05) is 0 Å². The van der Waals surface area contributed by atoms with Crippen LogP contribution in [0.25, 0.3) is 0 Å². The van der Waals surface area contributed by atoms with Crippen LogP contribution < -0.4 is 4.72 Å². The Hall–Kier alpha value is -1.27. The second-order valence-corrected chi connectivity index (χ2v) is 6.45. The van der Waals surface area contributed by atoms with E-state index in [2.05, 4.69) is 4.72 Å². The lowest BCUT2D eigenvalue weighted by molar-refractivity contribution is 0.0697. The van der Waals surface area contributed by atoms with Gasteiger partial charge in [0.15, 0.2) is 0 Å². The van der Waals surface area contributed by atoms with Crippen molar-refractivity contribution in [2.24, 2.45) is 5.92 Å². The summed E-state index contributed by atoms with van der Waals surface area (Å²) in [6.07, 6.45) is 0. The molecule has 2 N–H and O–H groups in total. The fraction of sp³-hybridized carbons (Fsp3) is 0.364. The highest BCUT2D eigenvalue weighted by Gasteiger charge is 2.15. The van der Waals surface area contributed by atoms with Crippen LogP contribution in [0.15, 0.2) is 18.2 Å². The molecule has 0 aliphatic carbocycles. The van der Waals surface area contributed by atoms with E-state index in [9.17, 15) is 13.2 Å². The van der Waals surface area contributed by atoms with Crippen molar-refractivity contribution in [1.82, 2.24) is 0 Å². The molecule has 5 nitrogen and oxygen atoms in total. The molecule has 0 saturated heterocycles.